The van der Waals surface area contributed by atoms with Crippen LogP contribution in [-0.4, -0.2) is 44.9 Å². The van der Waals surface area contributed by atoms with Gasteiger partial charge in [0.1, 0.15) is 11.6 Å². The molecule has 1 amide bonds. The van der Waals surface area contributed by atoms with E-state index in [4.69, 9.17) is 4.74 Å². The van der Waals surface area contributed by atoms with Gasteiger partial charge in [0, 0.05) is 32.1 Å². The van der Waals surface area contributed by atoms with E-state index in [0.717, 1.165) is 56.5 Å². The van der Waals surface area contributed by atoms with Crippen LogP contribution in [0.25, 0.3) is 0 Å². The molecule has 1 aliphatic heterocycles. The number of carbonyl (C=O) groups excluding carboxylic acids is 1. The molecule has 1 aromatic carbocycles. The Morgan fingerprint density at radius 3 is 2.59 bits per heavy atom. The van der Waals surface area contributed by atoms with Gasteiger partial charge in [-0.3, -0.25) is 9.36 Å². The first kappa shape index (κ1) is 19.7. The number of nitrogens with zero attached hydrogens (tertiary/aromatic N) is 4. The topological polar surface area (TPSA) is 69.4 Å². The highest BCUT2D eigenvalue weighted by atomic mass is 16.5. The van der Waals surface area contributed by atoms with Crippen LogP contribution in [0.5, 0.6) is 5.75 Å². The van der Waals surface area contributed by atoms with Gasteiger partial charge in [0.25, 0.3) is 5.91 Å². The fourth-order valence-electron chi connectivity index (χ4n) is 4.57. The van der Waals surface area contributed by atoms with Crippen LogP contribution in [-0.2, 0) is 11.8 Å². The molecule has 2 heterocycles. The molecular formula is C22H30N4O3. The first-order valence-electron chi connectivity index (χ1n) is 10.7. The molecule has 2 aromatic rings. The predicted octanol–water partition coefficient (Wildman–Crippen LogP) is 2.79. The van der Waals surface area contributed by atoms with Crippen LogP contribution in [0, 0.1) is 6.92 Å². The molecule has 1 aliphatic carbocycles. The van der Waals surface area contributed by atoms with Crippen molar-refractivity contribution in [2.24, 2.45) is 7.05 Å². The summed E-state index contributed by atoms with van der Waals surface area (Å²) in [5.74, 6) is 1.64. The molecule has 7 nitrogen and oxygen atoms in total. The van der Waals surface area contributed by atoms with Gasteiger partial charge in [-0.25, -0.2) is 9.48 Å². The Balaban J connectivity index is 1.44. The molecule has 1 saturated heterocycles. The van der Waals surface area contributed by atoms with Gasteiger partial charge in [-0.1, -0.05) is 30.5 Å². The third kappa shape index (κ3) is 4.23. The molecule has 156 valence electrons. The maximum Gasteiger partial charge on any atom is 0.345 e. The Labute approximate surface area is 171 Å². The molecule has 7 heteroatoms. The normalized spacial score (nSPS) is 20.2. The summed E-state index contributed by atoms with van der Waals surface area (Å²) in [5, 5.41) is 4.57. The molecule has 4 rings (SSSR count). The van der Waals surface area contributed by atoms with Gasteiger partial charge >= 0.3 is 5.69 Å². The molecular weight excluding hydrogens is 368 g/mol. The van der Waals surface area contributed by atoms with Crippen LogP contribution in [0.3, 0.4) is 0 Å². The van der Waals surface area contributed by atoms with Crippen LogP contribution < -0.4 is 10.4 Å². The minimum atomic E-state index is -0.0296. The van der Waals surface area contributed by atoms with Gasteiger partial charge in [0.05, 0.1) is 0 Å². The van der Waals surface area contributed by atoms with E-state index < -0.39 is 0 Å². The number of hydrogen-bond donors (Lipinski definition) is 0. The molecule has 0 N–H and O–H groups in total. The number of benzene rings is 1. The lowest BCUT2D eigenvalue weighted by Gasteiger charge is -2.32. The number of likely N-dealkylation sites (tertiary alicyclic amines) is 1. The first-order chi connectivity index (χ1) is 14.0. The molecule has 1 saturated carbocycles. The van der Waals surface area contributed by atoms with E-state index in [1.165, 1.54) is 4.68 Å². The van der Waals surface area contributed by atoms with Gasteiger partial charge in [0.15, 0.2) is 6.61 Å². The Bertz CT molecular complexity index is 909. The Morgan fingerprint density at radius 2 is 1.86 bits per heavy atom. The second-order valence-corrected chi connectivity index (χ2v) is 8.35. The van der Waals surface area contributed by atoms with Crippen molar-refractivity contribution in [3.63, 3.8) is 0 Å². The second-order valence-electron chi connectivity index (χ2n) is 8.35. The SMILES string of the molecule is Cc1ccc(OCC(=O)N2CCCC(c3nn(C)c(=O)n3C3CCCC3)C2)cc1. The number of hydrogen-bond acceptors (Lipinski definition) is 4. The Morgan fingerprint density at radius 1 is 1.14 bits per heavy atom. The highest BCUT2D eigenvalue weighted by Gasteiger charge is 2.32. The van der Waals surface area contributed by atoms with Gasteiger partial charge in [-0.2, -0.15) is 5.10 Å². The van der Waals surface area contributed by atoms with Gasteiger partial charge in [-0.05, 0) is 44.7 Å². The van der Waals surface area contributed by atoms with E-state index in [0.29, 0.717) is 12.3 Å². The number of carbonyl (C=O) groups is 1. The molecule has 1 atom stereocenters. The quantitative estimate of drug-likeness (QED) is 0.777. The Kier molecular flexibility index (Phi) is 5.74. The molecule has 1 unspecified atom stereocenters. The van der Waals surface area contributed by atoms with Crippen LogP contribution in [0.2, 0.25) is 0 Å². The van der Waals surface area contributed by atoms with Crippen molar-refractivity contribution < 1.29 is 9.53 Å². The highest BCUT2D eigenvalue weighted by molar-refractivity contribution is 5.78. The second kappa shape index (κ2) is 8.43. The van der Waals surface area contributed by atoms with Gasteiger partial charge in [0.2, 0.25) is 0 Å². The number of piperidine rings is 1. The Hall–Kier alpha value is -2.57. The maximum absolute atomic E-state index is 12.7. The number of amides is 1. The van der Waals surface area contributed by atoms with Crippen LogP contribution in [0.15, 0.2) is 29.1 Å². The predicted molar refractivity (Wildman–Crippen MR) is 110 cm³/mol. The van der Waals surface area contributed by atoms with Crippen molar-refractivity contribution in [1.82, 2.24) is 19.2 Å². The lowest BCUT2D eigenvalue weighted by Crippen LogP contribution is -2.42. The van der Waals surface area contributed by atoms with E-state index in [1.54, 1.807) is 7.05 Å². The van der Waals surface area contributed by atoms with Crippen LogP contribution in [0.1, 0.15) is 61.9 Å². The fraction of sp³-hybridized carbons (Fsp3) is 0.591. The van der Waals surface area contributed by atoms with E-state index in [9.17, 15) is 9.59 Å². The third-order valence-corrected chi connectivity index (χ3v) is 6.19. The number of aromatic nitrogens is 3. The highest BCUT2D eigenvalue weighted by Crippen LogP contribution is 2.33. The fourth-order valence-corrected chi connectivity index (χ4v) is 4.57. The minimum absolute atomic E-state index is 0.0130. The summed E-state index contributed by atoms with van der Waals surface area (Å²) in [6.07, 6.45) is 6.27. The van der Waals surface area contributed by atoms with Crippen LogP contribution >= 0.6 is 0 Å². The number of rotatable bonds is 5. The first-order valence-corrected chi connectivity index (χ1v) is 10.7. The number of ether oxygens (including phenoxy) is 1. The summed E-state index contributed by atoms with van der Waals surface area (Å²) < 4.78 is 9.04. The third-order valence-electron chi connectivity index (χ3n) is 6.19. The van der Waals surface area contributed by atoms with Crippen LogP contribution in [0.4, 0.5) is 0 Å². The lowest BCUT2D eigenvalue weighted by atomic mass is 9.96. The molecule has 2 fully saturated rings. The largest absolute Gasteiger partial charge is 0.484 e. The van der Waals surface area contributed by atoms with Crippen molar-refractivity contribution in [1.29, 1.82) is 0 Å². The molecule has 0 spiro atoms. The zero-order chi connectivity index (χ0) is 20.4. The van der Waals surface area contributed by atoms with E-state index in [1.807, 2.05) is 40.7 Å². The van der Waals surface area contributed by atoms with Gasteiger partial charge in [-0.15, -0.1) is 0 Å². The summed E-state index contributed by atoms with van der Waals surface area (Å²) in [7, 11) is 1.72. The number of aryl methyl sites for hydroxylation is 2. The van der Waals surface area contributed by atoms with Crippen molar-refractivity contribution in [2.75, 3.05) is 19.7 Å². The van der Waals surface area contributed by atoms with Crippen molar-refractivity contribution in [2.45, 2.75) is 57.4 Å². The summed E-state index contributed by atoms with van der Waals surface area (Å²) in [5.41, 5.74) is 1.13. The summed E-state index contributed by atoms with van der Waals surface area (Å²) >= 11 is 0. The van der Waals surface area contributed by atoms with Gasteiger partial charge < -0.3 is 9.64 Å². The van der Waals surface area contributed by atoms with Crippen molar-refractivity contribution in [3.8, 4) is 5.75 Å². The zero-order valence-corrected chi connectivity index (χ0v) is 17.3. The average Bonchev–Trinajstić information content (AvgIpc) is 3.36. The molecule has 2 aliphatic rings. The zero-order valence-electron chi connectivity index (χ0n) is 17.3. The molecule has 0 radical (unpaired) electrons. The van der Waals surface area contributed by atoms with E-state index in [2.05, 4.69) is 5.10 Å². The summed E-state index contributed by atoms with van der Waals surface area (Å²) in [6.45, 7) is 3.38. The lowest BCUT2D eigenvalue weighted by molar-refractivity contribution is -0.134. The molecule has 29 heavy (non-hydrogen) atoms. The summed E-state index contributed by atoms with van der Waals surface area (Å²) in [4.78, 5) is 27.3. The smallest absolute Gasteiger partial charge is 0.345 e. The van der Waals surface area contributed by atoms with Crippen molar-refractivity contribution in [3.05, 3.63) is 46.1 Å². The molecule has 0 bridgehead atoms. The standard InChI is InChI=1S/C22H30N4O3/c1-16-9-11-19(12-10-16)29-15-20(27)25-13-5-6-17(14-25)21-23-24(2)22(28)26(21)18-7-3-4-8-18/h9-12,17-18H,3-8,13-15H2,1-2H3. The van der Waals surface area contributed by atoms with E-state index in [-0.39, 0.29) is 30.2 Å². The average molecular weight is 399 g/mol. The molecule has 1 aromatic heterocycles. The van der Waals surface area contributed by atoms with E-state index >= 15 is 0 Å². The monoisotopic (exact) mass is 398 g/mol. The minimum Gasteiger partial charge on any atom is -0.484 e. The summed E-state index contributed by atoms with van der Waals surface area (Å²) in [6, 6.07) is 7.97. The maximum atomic E-state index is 12.7. The van der Waals surface area contributed by atoms with Crippen molar-refractivity contribution >= 4 is 5.91 Å².